The van der Waals surface area contributed by atoms with Gasteiger partial charge in [0.25, 0.3) is 0 Å². The number of guanidine groups is 1. The highest BCUT2D eigenvalue weighted by molar-refractivity contribution is 14.0. The third-order valence-corrected chi connectivity index (χ3v) is 5.03. The topological polar surface area (TPSA) is 54.9 Å². The normalized spacial score (nSPS) is 17.3. The van der Waals surface area contributed by atoms with Crippen LogP contribution in [0.4, 0.5) is 4.39 Å². The van der Waals surface area contributed by atoms with E-state index in [-0.39, 0.29) is 35.2 Å². The number of nitrogens with zero attached hydrogens (tertiary/aromatic N) is 1. The SMILES string of the molecule is CN=C(NCCCOCC1CCOC1)NCC(C)(C)c1ccc(F)cc1Cl.I. The van der Waals surface area contributed by atoms with Gasteiger partial charge in [-0.25, -0.2) is 4.39 Å². The second kappa shape index (κ2) is 12.8. The molecule has 2 rings (SSSR count). The van der Waals surface area contributed by atoms with Gasteiger partial charge in [0.1, 0.15) is 5.82 Å². The molecule has 0 amide bonds. The van der Waals surface area contributed by atoms with Gasteiger partial charge in [-0.05, 0) is 30.5 Å². The van der Waals surface area contributed by atoms with E-state index < -0.39 is 0 Å². The van der Waals surface area contributed by atoms with Crippen molar-refractivity contribution >= 4 is 41.5 Å². The first kappa shape index (κ1) is 25.4. The first-order valence-electron chi connectivity index (χ1n) is 9.48. The number of nitrogens with one attached hydrogen (secondary N) is 2. The number of aliphatic imine (C=N–C) groups is 1. The van der Waals surface area contributed by atoms with Gasteiger partial charge in [0, 0.05) is 49.7 Å². The fourth-order valence-electron chi connectivity index (χ4n) is 3.00. The first-order valence-corrected chi connectivity index (χ1v) is 9.85. The van der Waals surface area contributed by atoms with Crippen molar-refractivity contribution in [3.8, 4) is 0 Å². The third-order valence-electron chi connectivity index (χ3n) is 4.72. The number of rotatable bonds is 9. The fraction of sp³-hybridized carbons (Fsp3) is 0.650. The maximum atomic E-state index is 13.3. The molecule has 1 unspecified atom stereocenters. The van der Waals surface area contributed by atoms with E-state index >= 15 is 0 Å². The number of hydrogen-bond donors (Lipinski definition) is 2. The van der Waals surface area contributed by atoms with Crippen LogP contribution in [0.2, 0.25) is 5.02 Å². The predicted octanol–water partition coefficient (Wildman–Crippen LogP) is 3.98. The highest BCUT2D eigenvalue weighted by atomic mass is 127. The minimum absolute atomic E-state index is 0. The minimum atomic E-state index is -0.326. The molecule has 160 valence electrons. The summed E-state index contributed by atoms with van der Waals surface area (Å²) in [6.45, 7) is 8.70. The Morgan fingerprint density at radius 2 is 2.18 bits per heavy atom. The average molecular weight is 528 g/mol. The van der Waals surface area contributed by atoms with Crippen LogP contribution in [0.25, 0.3) is 0 Å². The van der Waals surface area contributed by atoms with Crippen LogP contribution >= 0.6 is 35.6 Å². The third kappa shape index (κ3) is 8.39. The van der Waals surface area contributed by atoms with Crippen LogP contribution in [0.15, 0.2) is 23.2 Å². The van der Waals surface area contributed by atoms with Gasteiger partial charge >= 0.3 is 0 Å². The summed E-state index contributed by atoms with van der Waals surface area (Å²) < 4.78 is 24.3. The number of hydrogen-bond acceptors (Lipinski definition) is 3. The maximum Gasteiger partial charge on any atom is 0.191 e. The fourth-order valence-corrected chi connectivity index (χ4v) is 3.43. The molecule has 1 atom stereocenters. The second-order valence-corrected chi connectivity index (χ2v) is 7.93. The molecule has 1 aromatic rings. The van der Waals surface area contributed by atoms with Crippen molar-refractivity contribution in [2.75, 3.05) is 46.6 Å². The Morgan fingerprint density at radius 3 is 2.82 bits per heavy atom. The Morgan fingerprint density at radius 1 is 1.39 bits per heavy atom. The van der Waals surface area contributed by atoms with Crippen molar-refractivity contribution < 1.29 is 13.9 Å². The van der Waals surface area contributed by atoms with E-state index in [4.69, 9.17) is 21.1 Å². The van der Waals surface area contributed by atoms with Gasteiger partial charge in [0.2, 0.25) is 0 Å². The maximum absolute atomic E-state index is 13.3. The molecular weight excluding hydrogens is 496 g/mol. The Hall–Kier alpha value is -0.640. The van der Waals surface area contributed by atoms with Gasteiger partial charge in [-0.2, -0.15) is 0 Å². The Balaban J connectivity index is 0.00000392. The lowest BCUT2D eigenvalue weighted by molar-refractivity contribution is 0.0888. The molecule has 0 aliphatic carbocycles. The van der Waals surface area contributed by atoms with E-state index in [1.807, 2.05) is 0 Å². The summed E-state index contributed by atoms with van der Waals surface area (Å²) in [7, 11) is 1.74. The average Bonchev–Trinajstić information content (AvgIpc) is 3.13. The van der Waals surface area contributed by atoms with E-state index in [0.717, 1.165) is 57.3 Å². The van der Waals surface area contributed by atoms with E-state index in [0.29, 0.717) is 17.5 Å². The van der Waals surface area contributed by atoms with Gasteiger partial charge in [0.15, 0.2) is 5.96 Å². The van der Waals surface area contributed by atoms with E-state index in [9.17, 15) is 4.39 Å². The summed E-state index contributed by atoms with van der Waals surface area (Å²) >= 11 is 6.21. The molecule has 2 N–H and O–H groups in total. The van der Waals surface area contributed by atoms with Gasteiger partial charge < -0.3 is 20.1 Å². The van der Waals surface area contributed by atoms with Crippen LogP contribution in [0.3, 0.4) is 0 Å². The minimum Gasteiger partial charge on any atom is -0.381 e. The first-order chi connectivity index (χ1) is 12.9. The zero-order chi connectivity index (χ0) is 19.7. The molecule has 0 aromatic heterocycles. The molecule has 1 saturated heterocycles. The quantitative estimate of drug-likeness (QED) is 0.221. The van der Waals surface area contributed by atoms with Crippen molar-refractivity contribution in [2.24, 2.45) is 10.9 Å². The van der Waals surface area contributed by atoms with Crippen LogP contribution in [0.1, 0.15) is 32.3 Å². The molecule has 1 aliphatic rings. The largest absolute Gasteiger partial charge is 0.381 e. The molecule has 0 bridgehead atoms. The second-order valence-electron chi connectivity index (χ2n) is 7.52. The number of ether oxygens (including phenoxy) is 2. The summed E-state index contributed by atoms with van der Waals surface area (Å²) in [5.41, 5.74) is 0.632. The van der Waals surface area contributed by atoms with Gasteiger partial charge in [-0.15, -0.1) is 24.0 Å². The van der Waals surface area contributed by atoms with Crippen LogP contribution in [0, 0.1) is 11.7 Å². The molecule has 8 heteroatoms. The Labute approximate surface area is 189 Å². The smallest absolute Gasteiger partial charge is 0.191 e. The highest BCUT2D eigenvalue weighted by Crippen LogP contribution is 2.29. The lowest BCUT2D eigenvalue weighted by Crippen LogP contribution is -2.44. The molecule has 28 heavy (non-hydrogen) atoms. The highest BCUT2D eigenvalue weighted by Gasteiger charge is 2.24. The van der Waals surface area contributed by atoms with Crippen molar-refractivity contribution in [3.63, 3.8) is 0 Å². The zero-order valence-electron chi connectivity index (χ0n) is 16.9. The summed E-state index contributed by atoms with van der Waals surface area (Å²) in [6.07, 6.45) is 2.00. The Kier molecular flexibility index (Phi) is 11.6. The summed E-state index contributed by atoms with van der Waals surface area (Å²) in [6, 6.07) is 4.53. The van der Waals surface area contributed by atoms with E-state index in [1.54, 1.807) is 13.1 Å². The molecule has 1 heterocycles. The van der Waals surface area contributed by atoms with Crippen molar-refractivity contribution in [2.45, 2.75) is 32.1 Å². The lowest BCUT2D eigenvalue weighted by Gasteiger charge is -2.27. The van der Waals surface area contributed by atoms with Crippen molar-refractivity contribution in [1.82, 2.24) is 10.6 Å². The van der Waals surface area contributed by atoms with Gasteiger partial charge in [-0.1, -0.05) is 31.5 Å². The van der Waals surface area contributed by atoms with Gasteiger partial charge in [-0.3, -0.25) is 4.99 Å². The summed E-state index contributed by atoms with van der Waals surface area (Å²) in [5, 5.41) is 7.04. The molecule has 0 saturated carbocycles. The number of benzene rings is 1. The lowest BCUT2D eigenvalue weighted by atomic mass is 9.84. The van der Waals surface area contributed by atoms with Crippen LogP contribution in [0.5, 0.6) is 0 Å². The standard InChI is InChI=1S/C20H31ClFN3O2.HI/c1-20(2,17-6-5-16(22)11-18(17)21)14-25-19(23-3)24-8-4-9-26-12-15-7-10-27-13-15;/h5-6,11,15H,4,7-10,12-14H2,1-3H3,(H2,23,24,25);1H. The van der Waals surface area contributed by atoms with Crippen LogP contribution in [-0.4, -0.2) is 52.5 Å². The molecular formula is C20H32ClFIN3O2. The molecule has 0 radical (unpaired) electrons. The molecule has 5 nitrogen and oxygen atoms in total. The summed E-state index contributed by atoms with van der Waals surface area (Å²) in [4.78, 5) is 4.25. The molecule has 0 spiro atoms. The van der Waals surface area contributed by atoms with Crippen molar-refractivity contribution in [3.05, 3.63) is 34.6 Å². The van der Waals surface area contributed by atoms with Crippen LogP contribution < -0.4 is 10.6 Å². The predicted molar refractivity (Wildman–Crippen MR) is 124 cm³/mol. The van der Waals surface area contributed by atoms with E-state index in [1.165, 1.54) is 12.1 Å². The van der Waals surface area contributed by atoms with Gasteiger partial charge in [0.05, 0.1) is 13.2 Å². The Bertz CT molecular complexity index is 625. The molecule has 1 aromatic carbocycles. The van der Waals surface area contributed by atoms with E-state index in [2.05, 4.69) is 29.5 Å². The van der Waals surface area contributed by atoms with Crippen molar-refractivity contribution in [1.29, 1.82) is 0 Å². The molecule has 1 aliphatic heterocycles. The summed E-state index contributed by atoms with van der Waals surface area (Å²) in [5.74, 6) is 0.950. The number of halogens is 3. The van der Waals surface area contributed by atoms with Crippen LogP contribution in [-0.2, 0) is 14.9 Å². The monoisotopic (exact) mass is 527 g/mol. The zero-order valence-corrected chi connectivity index (χ0v) is 20.0. The molecule has 1 fully saturated rings.